The summed E-state index contributed by atoms with van der Waals surface area (Å²) in [7, 11) is 0. The highest BCUT2D eigenvalue weighted by atomic mass is 32.1. The molecule has 0 spiro atoms. The van der Waals surface area contributed by atoms with Crippen molar-refractivity contribution in [3.05, 3.63) is 76.9 Å². The van der Waals surface area contributed by atoms with E-state index < -0.39 is 17.7 Å². The van der Waals surface area contributed by atoms with Gasteiger partial charge in [-0.2, -0.15) is 0 Å². The van der Waals surface area contributed by atoms with Gasteiger partial charge in [0.2, 0.25) is 0 Å². The number of urea groups is 1. The van der Waals surface area contributed by atoms with Crippen LogP contribution in [0.3, 0.4) is 0 Å². The number of aryl methyl sites for hydroxylation is 1. The maximum absolute atomic E-state index is 14.2. The number of thiazole rings is 1. The van der Waals surface area contributed by atoms with Gasteiger partial charge >= 0.3 is 6.03 Å². The first-order valence-corrected chi connectivity index (χ1v) is 13.2. The molecular formula is C27H29F2N5O2S. The van der Waals surface area contributed by atoms with E-state index in [1.807, 2.05) is 6.20 Å². The Bertz CT molecular complexity index is 1370. The first-order chi connectivity index (χ1) is 18.0. The van der Waals surface area contributed by atoms with Gasteiger partial charge in [-0.15, -0.1) is 11.3 Å². The van der Waals surface area contributed by atoms with Crippen LogP contribution in [-0.4, -0.2) is 71.2 Å². The van der Waals surface area contributed by atoms with E-state index in [0.29, 0.717) is 39.3 Å². The predicted molar refractivity (Wildman–Crippen MR) is 141 cm³/mol. The lowest BCUT2D eigenvalue weighted by atomic mass is 10.1. The van der Waals surface area contributed by atoms with Gasteiger partial charge in [-0.25, -0.2) is 18.6 Å². The van der Waals surface area contributed by atoms with Crippen LogP contribution in [0.15, 0.2) is 54.0 Å². The second-order valence-corrected chi connectivity index (χ2v) is 9.95. The predicted octanol–water partition coefficient (Wildman–Crippen LogP) is 5.06. The fourth-order valence-electron chi connectivity index (χ4n) is 4.31. The van der Waals surface area contributed by atoms with E-state index in [4.69, 9.17) is 9.72 Å². The zero-order valence-corrected chi connectivity index (χ0v) is 21.4. The highest BCUT2D eigenvalue weighted by molar-refractivity contribution is 7.15. The summed E-state index contributed by atoms with van der Waals surface area (Å²) in [4.78, 5) is 22.7. The van der Waals surface area contributed by atoms with Crippen LogP contribution in [0.25, 0.3) is 16.2 Å². The van der Waals surface area contributed by atoms with Crippen LogP contribution in [0.2, 0.25) is 0 Å². The number of carbonyl (C=O) groups excluding carboxylic acids is 1. The average Bonchev–Trinajstić information content (AvgIpc) is 3.48. The quantitative estimate of drug-likeness (QED) is 0.350. The Balaban J connectivity index is 1.30. The van der Waals surface area contributed by atoms with E-state index in [1.54, 1.807) is 16.2 Å². The number of hydrogen-bond acceptors (Lipinski definition) is 5. The third-order valence-corrected chi connectivity index (χ3v) is 7.41. The van der Waals surface area contributed by atoms with Gasteiger partial charge in [0.25, 0.3) is 0 Å². The number of benzene rings is 2. The molecule has 0 bridgehead atoms. The lowest BCUT2D eigenvalue weighted by Crippen LogP contribution is -2.45. The van der Waals surface area contributed by atoms with E-state index in [9.17, 15) is 13.6 Å². The van der Waals surface area contributed by atoms with Gasteiger partial charge in [0.15, 0.2) is 4.96 Å². The second kappa shape index (κ2) is 11.4. The number of nitrogens with zero attached hydrogens (tertiary/aromatic N) is 4. The molecule has 5 rings (SSSR count). The Labute approximate surface area is 218 Å². The highest BCUT2D eigenvalue weighted by Gasteiger charge is 2.19. The number of rotatable bonds is 8. The zero-order valence-electron chi connectivity index (χ0n) is 20.6. The Morgan fingerprint density at radius 1 is 1.14 bits per heavy atom. The molecule has 0 saturated carbocycles. The summed E-state index contributed by atoms with van der Waals surface area (Å²) in [6.07, 6.45) is 2.63. The molecular weight excluding hydrogens is 496 g/mol. The van der Waals surface area contributed by atoms with Crippen molar-refractivity contribution in [3.8, 4) is 11.3 Å². The van der Waals surface area contributed by atoms with Crippen LogP contribution in [0.4, 0.5) is 19.3 Å². The van der Waals surface area contributed by atoms with Crippen molar-refractivity contribution in [1.82, 2.24) is 19.2 Å². The lowest BCUT2D eigenvalue weighted by Gasteiger charge is -2.30. The molecule has 0 radical (unpaired) electrons. The summed E-state index contributed by atoms with van der Waals surface area (Å²) in [5.74, 6) is -1.49. The molecule has 0 aliphatic carbocycles. The summed E-state index contributed by atoms with van der Waals surface area (Å²) < 4.78 is 35.0. The van der Waals surface area contributed by atoms with Crippen molar-refractivity contribution >= 4 is 28.0 Å². The number of carbonyl (C=O) groups is 1. The first kappa shape index (κ1) is 25.3. The summed E-state index contributed by atoms with van der Waals surface area (Å²) in [5, 5.41) is 4.66. The van der Waals surface area contributed by atoms with Gasteiger partial charge < -0.3 is 15.0 Å². The smallest absolute Gasteiger partial charge is 0.321 e. The Hall–Kier alpha value is -3.34. The Kier molecular flexibility index (Phi) is 7.78. The molecule has 1 N–H and O–H groups in total. The van der Waals surface area contributed by atoms with Crippen molar-refractivity contribution in [1.29, 1.82) is 0 Å². The minimum Gasteiger partial charge on any atom is -0.379 e. The Morgan fingerprint density at radius 3 is 2.68 bits per heavy atom. The summed E-state index contributed by atoms with van der Waals surface area (Å²) in [6, 6.07) is 11.0. The van der Waals surface area contributed by atoms with E-state index >= 15 is 0 Å². The SMILES string of the molecule is Cc1ccc(-c2cn3c(CCN(CCN4CCOCC4)C(=O)Nc4ccc(F)cc4F)csc3n2)cc1. The standard InChI is InChI=1S/C27H29F2N5O2S/c1-19-2-4-20(5-3-19)25-17-34-22(18-37-27(34)31-25)8-9-33(11-10-32-12-14-36-15-13-32)26(35)30-24-7-6-21(28)16-23(24)29/h2-7,16-18H,8-15H2,1H3,(H,30,35). The zero-order chi connectivity index (χ0) is 25.8. The molecule has 2 aromatic carbocycles. The van der Waals surface area contributed by atoms with Crippen molar-refractivity contribution < 1.29 is 18.3 Å². The van der Waals surface area contributed by atoms with E-state index in [-0.39, 0.29) is 5.69 Å². The summed E-state index contributed by atoms with van der Waals surface area (Å²) in [6.45, 7) is 6.61. The number of amides is 2. The number of halogens is 2. The number of aromatic nitrogens is 2. The molecule has 0 atom stereocenters. The molecule has 1 aliphatic rings. The number of imidazole rings is 1. The number of fused-ring (bicyclic) bond motifs is 1. The third kappa shape index (κ3) is 6.15. The molecule has 3 heterocycles. The van der Waals surface area contributed by atoms with Crippen LogP contribution >= 0.6 is 11.3 Å². The topological polar surface area (TPSA) is 62.1 Å². The van der Waals surface area contributed by atoms with Crippen molar-refractivity contribution in [2.45, 2.75) is 13.3 Å². The van der Waals surface area contributed by atoms with Gasteiger partial charge in [0.05, 0.1) is 24.6 Å². The van der Waals surface area contributed by atoms with E-state index in [1.165, 1.54) is 11.6 Å². The minimum atomic E-state index is -0.803. The molecule has 1 aliphatic heterocycles. The fourth-order valence-corrected chi connectivity index (χ4v) is 5.22. The van der Waals surface area contributed by atoms with E-state index in [2.05, 4.69) is 51.2 Å². The summed E-state index contributed by atoms with van der Waals surface area (Å²) >= 11 is 1.56. The second-order valence-electron chi connectivity index (χ2n) is 9.12. The average molecular weight is 526 g/mol. The molecule has 1 saturated heterocycles. The van der Waals surface area contributed by atoms with Crippen molar-refractivity contribution in [3.63, 3.8) is 0 Å². The monoisotopic (exact) mass is 525 g/mol. The minimum absolute atomic E-state index is 0.0435. The molecule has 10 heteroatoms. The number of nitrogens with one attached hydrogen (secondary N) is 1. The van der Waals surface area contributed by atoms with Gasteiger partial charge in [-0.05, 0) is 19.1 Å². The summed E-state index contributed by atoms with van der Waals surface area (Å²) in [5.41, 5.74) is 4.16. The molecule has 0 unspecified atom stereocenters. The molecule has 1 fully saturated rings. The van der Waals surface area contributed by atoms with Crippen molar-refractivity contribution in [2.75, 3.05) is 51.3 Å². The number of morpholine rings is 1. The van der Waals surface area contributed by atoms with Crippen LogP contribution < -0.4 is 5.32 Å². The maximum atomic E-state index is 14.2. The maximum Gasteiger partial charge on any atom is 0.321 e. The number of anilines is 1. The Morgan fingerprint density at radius 2 is 1.92 bits per heavy atom. The fraction of sp³-hybridized carbons (Fsp3) is 0.333. The number of ether oxygens (including phenoxy) is 1. The largest absolute Gasteiger partial charge is 0.379 e. The normalized spacial score (nSPS) is 14.2. The van der Waals surface area contributed by atoms with Gasteiger partial charge in [-0.1, -0.05) is 29.8 Å². The van der Waals surface area contributed by atoms with Crippen molar-refractivity contribution in [2.24, 2.45) is 0 Å². The van der Waals surface area contributed by atoms with Crippen LogP contribution in [-0.2, 0) is 11.2 Å². The van der Waals surface area contributed by atoms with Gasteiger partial charge in [0, 0.05) is 68.0 Å². The molecule has 37 heavy (non-hydrogen) atoms. The number of hydrogen-bond donors (Lipinski definition) is 1. The lowest BCUT2D eigenvalue weighted by molar-refractivity contribution is 0.0352. The molecule has 4 aromatic rings. The van der Waals surface area contributed by atoms with E-state index in [0.717, 1.165) is 47.1 Å². The van der Waals surface area contributed by atoms with Gasteiger partial charge in [0.1, 0.15) is 11.6 Å². The van der Waals surface area contributed by atoms with Crippen LogP contribution in [0, 0.1) is 18.6 Å². The highest BCUT2D eigenvalue weighted by Crippen LogP contribution is 2.24. The van der Waals surface area contributed by atoms with Crippen LogP contribution in [0.1, 0.15) is 11.3 Å². The molecule has 2 aromatic heterocycles. The van der Waals surface area contributed by atoms with Gasteiger partial charge in [-0.3, -0.25) is 9.30 Å². The third-order valence-electron chi connectivity index (χ3n) is 6.52. The van der Waals surface area contributed by atoms with Crippen LogP contribution in [0.5, 0.6) is 0 Å². The molecule has 7 nitrogen and oxygen atoms in total. The molecule has 2 amide bonds. The first-order valence-electron chi connectivity index (χ1n) is 12.3. The molecule has 194 valence electrons.